The molecule has 0 spiro atoms. The zero-order chi connectivity index (χ0) is 46.1. The van der Waals surface area contributed by atoms with Crippen LogP contribution in [0.15, 0.2) is 264 Å². The first-order valence-corrected chi connectivity index (χ1v) is 23.3. The Kier molecular flexibility index (Phi) is 10.7. The Balaban J connectivity index is 0.876. The van der Waals surface area contributed by atoms with Crippen molar-refractivity contribution in [2.75, 3.05) is 0 Å². The van der Waals surface area contributed by atoms with Gasteiger partial charge in [-0.05, 0) is 106 Å². The molecule has 0 unspecified atom stereocenters. The van der Waals surface area contributed by atoms with Crippen LogP contribution in [-0.4, -0.2) is 27.5 Å². The number of hydrogen-bond acceptors (Lipinski definition) is 1. The topological polar surface area (TPSA) is 46.9 Å². The second kappa shape index (κ2) is 17.9. The lowest BCUT2D eigenvalue weighted by Crippen LogP contribution is -2.05. The first kappa shape index (κ1) is 41.3. The van der Waals surface area contributed by atoms with E-state index in [2.05, 4.69) is 209 Å². The summed E-state index contributed by atoms with van der Waals surface area (Å²) in [6.07, 6.45) is 0. The summed E-state index contributed by atoms with van der Waals surface area (Å²) in [7, 11) is 0. The fourth-order valence-corrected chi connectivity index (χ4v) is 9.79. The maximum Gasteiger partial charge on any atom is 0.161 e. The summed E-state index contributed by atoms with van der Waals surface area (Å²) in [6, 6.07) is 88.1. The Morgan fingerprint density at radius 1 is 0.333 bits per heavy atom. The molecule has 0 bridgehead atoms. The minimum atomic E-state index is 0.443. The Hall–Kier alpha value is -9.19. The molecule has 0 aliphatic carbocycles. The van der Waals surface area contributed by atoms with Crippen molar-refractivity contribution >= 4 is 62.0 Å². The fraction of sp³-hybridized carbons (Fsp3) is 0.0156. The predicted molar refractivity (Wildman–Crippen MR) is 291 cm³/mol. The third-order valence-electron chi connectivity index (χ3n) is 13.1. The number of para-hydroxylation sites is 3. The van der Waals surface area contributed by atoms with E-state index in [0.29, 0.717) is 18.2 Å². The third-order valence-corrected chi connectivity index (χ3v) is 13.1. The van der Waals surface area contributed by atoms with Gasteiger partial charge >= 0.3 is 0 Å². The van der Waals surface area contributed by atoms with Gasteiger partial charge in [0.1, 0.15) is 0 Å². The highest BCUT2D eigenvalue weighted by molar-refractivity contribution is 6.13. The van der Waals surface area contributed by atoms with Crippen molar-refractivity contribution in [2.45, 2.75) is 6.54 Å². The molecule has 0 N–H and O–H groups in total. The second-order valence-electron chi connectivity index (χ2n) is 17.3. The third kappa shape index (κ3) is 7.82. The molecule has 2 heterocycles. The van der Waals surface area contributed by atoms with Gasteiger partial charge in [-0.25, -0.2) is 9.98 Å². The molecule has 0 saturated carbocycles. The number of fused-ring (bicyclic) bond motifs is 6. The van der Waals surface area contributed by atoms with Gasteiger partial charge < -0.3 is 9.13 Å². The quantitative estimate of drug-likeness (QED) is 0.102. The van der Waals surface area contributed by atoms with E-state index in [-0.39, 0.29) is 0 Å². The van der Waals surface area contributed by atoms with Crippen LogP contribution in [0.4, 0.5) is 0 Å². The smallest absolute Gasteiger partial charge is 0.161 e. The zero-order valence-electron chi connectivity index (χ0n) is 37.8. The molecule has 12 aromatic rings. The SMILES string of the molecule is C=N/C(=N\C(=N/Cc1cccc(-c2ccc3c(c2)c2ccccc2n3-c2cccc(-c3ccc4c5ccccc5n(-c5ccccc5)c4c3)c2)c1)c1ccccc1)c1ccc(-c2ccccc2)cc1. The first-order valence-electron chi connectivity index (χ1n) is 23.3. The van der Waals surface area contributed by atoms with Gasteiger partial charge in [0.15, 0.2) is 11.7 Å². The van der Waals surface area contributed by atoms with E-state index >= 15 is 0 Å². The molecule has 0 amide bonds. The average molecular weight is 884 g/mol. The van der Waals surface area contributed by atoms with Crippen molar-refractivity contribution in [2.24, 2.45) is 15.0 Å². The molecule has 0 saturated heterocycles. The summed E-state index contributed by atoms with van der Waals surface area (Å²) in [4.78, 5) is 14.5. The number of amidine groups is 2. The molecule has 2 aromatic heterocycles. The van der Waals surface area contributed by atoms with Crippen molar-refractivity contribution in [1.82, 2.24) is 9.13 Å². The summed E-state index contributed by atoms with van der Waals surface area (Å²) < 4.78 is 4.78. The Morgan fingerprint density at radius 2 is 0.826 bits per heavy atom. The van der Waals surface area contributed by atoms with Crippen LogP contribution >= 0.6 is 0 Å². The maximum absolute atomic E-state index is 5.11. The van der Waals surface area contributed by atoms with Gasteiger partial charge in [-0.15, -0.1) is 0 Å². The molecule has 0 aliphatic rings. The number of nitrogens with zero attached hydrogens (tertiary/aromatic N) is 5. The van der Waals surface area contributed by atoms with Gasteiger partial charge in [0.2, 0.25) is 0 Å². The van der Waals surface area contributed by atoms with Crippen LogP contribution in [-0.2, 0) is 6.54 Å². The zero-order valence-corrected chi connectivity index (χ0v) is 37.8. The Bertz CT molecular complexity index is 3920. The lowest BCUT2D eigenvalue weighted by atomic mass is 10.0. The highest BCUT2D eigenvalue weighted by Gasteiger charge is 2.17. The first-order chi connectivity index (χ1) is 34.2. The lowest BCUT2D eigenvalue weighted by molar-refractivity contribution is 1.06. The summed E-state index contributed by atoms with van der Waals surface area (Å²) >= 11 is 0. The van der Waals surface area contributed by atoms with Crippen LogP contribution in [0.1, 0.15) is 16.7 Å². The summed E-state index contributed by atoms with van der Waals surface area (Å²) in [6.45, 7) is 4.33. The molecule has 5 heteroatoms. The van der Waals surface area contributed by atoms with E-state index in [9.17, 15) is 0 Å². The van der Waals surface area contributed by atoms with E-state index in [4.69, 9.17) is 9.98 Å². The van der Waals surface area contributed by atoms with Crippen LogP contribution in [0.2, 0.25) is 0 Å². The van der Waals surface area contributed by atoms with Crippen LogP contribution in [0.5, 0.6) is 0 Å². The number of aromatic nitrogens is 2. The van der Waals surface area contributed by atoms with Crippen LogP contribution in [0, 0.1) is 0 Å². The minimum absolute atomic E-state index is 0.443. The van der Waals surface area contributed by atoms with E-state index < -0.39 is 0 Å². The molecule has 326 valence electrons. The molecule has 0 radical (unpaired) electrons. The monoisotopic (exact) mass is 883 g/mol. The standard InChI is InChI=1S/C64H45N5/c1-65-63(48-33-31-46(32-34-48)45-18-5-2-6-19-45)67-64(47-20-7-3-8-21-47)66-43-44-17-15-22-49(39-44)51-36-38-61-58(41-51)56-28-12-14-30-60(56)69(61)54-26-16-23-50(40-54)52-35-37-57-55-27-11-13-29-59(55)68(62(57)42-52)53-24-9-4-10-25-53/h2-42H,1,43H2/b66-64-,67-63-. The number of aliphatic imine (C=N–C) groups is 3. The molecule has 0 atom stereocenters. The minimum Gasteiger partial charge on any atom is -0.309 e. The van der Waals surface area contributed by atoms with E-state index in [1.54, 1.807) is 0 Å². The second-order valence-corrected chi connectivity index (χ2v) is 17.3. The molecule has 0 aliphatic heterocycles. The number of benzene rings is 10. The van der Waals surface area contributed by atoms with Crippen molar-refractivity contribution < 1.29 is 0 Å². The largest absolute Gasteiger partial charge is 0.309 e. The number of rotatable bonds is 9. The van der Waals surface area contributed by atoms with E-state index in [1.165, 1.54) is 43.7 Å². The van der Waals surface area contributed by atoms with Gasteiger partial charge in [-0.3, -0.25) is 4.99 Å². The van der Waals surface area contributed by atoms with Crippen LogP contribution in [0.3, 0.4) is 0 Å². The summed E-state index contributed by atoms with van der Waals surface area (Å²) in [5.41, 5.74) is 16.8. The molecule has 5 nitrogen and oxygen atoms in total. The van der Waals surface area contributed by atoms with Gasteiger partial charge in [0, 0.05) is 44.0 Å². The van der Waals surface area contributed by atoms with Crippen molar-refractivity contribution in [3.8, 4) is 44.8 Å². The Labute approximate surface area is 401 Å². The normalized spacial score (nSPS) is 12.1. The molecule has 69 heavy (non-hydrogen) atoms. The summed E-state index contributed by atoms with van der Waals surface area (Å²) in [5, 5.41) is 4.91. The van der Waals surface area contributed by atoms with Gasteiger partial charge in [0.25, 0.3) is 0 Å². The van der Waals surface area contributed by atoms with E-state index in [0.717, 1.165) is 61.4 Å². The van der Waals surface area contributed by atoms with Gasteiger partial charge in [-0.1, -0.05) is 188 Å². The molecular formula is C64H45N5. The highest BCUT2D eigenvalue weighted by Crippen LogP contribution is 2.38. The van der Waals surface area contributed by atoms with Gasteiger partial charge in [-0.2, -0.15) is 0 Å². The van der Waals surface area contributed by atoms with Crippen LogP contribution in [0.25, 0.3) is 88.4 Å². The van der Waals surface area contributed by atoms with Crippen molar-refractivity contribution in [3.05, 3.63) is 265 Å². The Morgan fingerprint density at radius 3 is 1.57 bits per heavy atom. The molecule has 10 aromatic carbocycles. The maximum atomic E-state index is 5.11. The molecule has 0 fully saturated rings. The molecule has 12 rings (SSSR count). The van der Waals surface area contributed by atoms with E-state index in [1.807, 2.05) is 60.7 Å². The predicted octanol–water partition coefficient (Wildman–Crippen LogP) is 16.0. The van der Waals surface area contributed by atoms with Gasteiger partial charge in [0.05, 0.1) is 28.6 Å². The van der Waals surface area contributed by atoms with Crippen molar-refractivity contribution in [3.63, 3.8) is 0 Å². The van der Waals surface area contributed by atoms with Crippen LogP contribution < -0.4 is 0 Å². The summed E-state index contributed by atoms with van der Waals surface area (Å²) in [5.74, 6) is 1.12. The lowest BCUT2D eigenvalue weighted by Gasteiger charge is -2.12. The van der Waals surface area contributed by atoms with Crippen molar-refractivity contribution in [1.29, 1.82) is 0 Å². The average Bonchev–Trinajstić information content (AvgIpc) is 3.94. The molecular weight excluding hydrogens is 839 g/mol. The fourth-order valence-electron chi connectivity index (χ4n) is 9.79. The highest BCUT2D eigenvalue weighted by atomic mass is 15.0. The number of hydrogen-bond donors (Lipinski definition) is 0.